The van der Waals surface area contributed by atoms with Gasteiger partial charge in [-0.3, -0.25) is 19.8 Å². The summed E-state index contributed by atoms with van der Waals surface area (Å²) in [4.78, 5) is 26.6. The number of hydrogen-bond acceptors (Lipinski definition) is 5. The summed E-state index contributed by atoms with van der Waals surface area (Å²) in [6, 6.07) is 9.10. The van der Waals surface area contributed by atoms with Gasteiger partial charge in [-0.1, -0.05) is 0 Å². The van der Waals surface area contributed by atoms with E-state index in [0.29, 0.717) is 43.7 Å². The average Bonchev–Trinajstić information content (AvgIpc) is 2.70. The molecule has 0 aromatic heterocycles. The van der Waals surface area contributed by atoms with Gasteiger partial charge >= 0.3 is 0 Å². The number of halogens is 4. The Kier molecular flexibility index (Phi) is 10.3. The number of benzene rings is 2. The van der Waals surface area contributed by atoms with E-state index < -0.39 is 16.6 Å². The summed E-state index contributed by atoms with van der Waals surface area (Å²) in [7, 11) is 0. The van der Waals surface area contributed by atoms with E-state index in [4.69, 9.17) is 0 Å². The third-order valence-electron chi connectivity index (χ3n) is 4.92. The predicted octanol–water partition coefficient (Wildman–Crippen LogP) is 4.11. The lowest BCUT2D eigenvalue weighted by Crippen LogP contribution is -2.46. The second kappa shape index (κ2) is 11.9. The highest BCUT2D eigenvalue weighted by molar-refractivity contribution is 5.96. The first-order valence-electron chi connectivity index (χ1n) is 9.08. The Morgan fingerprint density at radius 3 is 2.17 bits per heavy atom. The van der Waals surface area contributed by atoms with Crippen molar-refractivity contribution in [1.82, 2.24) is 9.80 Å². The summed E-state index contributed by atoms with van der Waals surface area (Å²) in [6.07, 6.45) is 0.330. The van der Waals surface area contributed by atoms with Crippen LogP contribution >= 0.6 is 24.8 Å². The molecule has 1 aliphatic heterocycles. The minimum Gasteiger partial charge on any atom is -0.300 e. The molecule has 2 aromatic rings. The lowest BCUT2D eigenvalue weighted by molar-refractivity contribution is -0.384. The van der Waals surface area contributed by atoms with Crippen molar-refractivity contribution >= 4 is 36.3 Å². The lowest BCUT2D eigenvalue weighted by Gasteiger charge is -2.34. The van der Waals surface area contributed by atoms with Crippen molar-refractivity contribution in [2.24, 2.45) is 0 Å². The molecule has 0 N–H and O–H groups in total. The van der Waals surface area contributed by atoms with Crippen molar-refractivity contribution in [2.75, 3.05) is 32.7 Å². The number of nitrogens with zero attached hydrogens (tertiary/aromatic N) is 3. The summed E-state index contributed by atoms with van der Waals surface area (Å²) >= 11 is 0. The van der Waals surface area contributed by atoms with Crippen LogP contribution in [0.2, 0.25) is 0 Å². The van der Waals surface area contributed by atoms with Crippen LogP contribution in [-0.2, 0) is 6.54 Å². The van der Waals surface area contributed by atoms with Gasteiger partial charge < -0.3 is 4.90 Å². The quantitative estimate of drug-likeness (QED) is 0.352. The Morgan fingerprint density at radius 2 is 1.57 bits per heavy atom. The molecule has 1 saturated heterocycles. The highest BCUT2D eigenvalue weighted by Crippen LogP contribution is 2.16. The molecule has 3 rings (SSSR count). The van der Waals surface area contributed by atoms with Gasteiger partial charge in [0.2, 0.25) is 0 Å². The summed E-state index contributed by atoms with van der Waals surface area (Å²) < 4.78 is 27.0. The number of ketones is 1. The number of carbonyl (C=O) groups excluding carboxylic acids is 1. The Labute approximate surface area is 185 Å². The zero-order valence-electron chi connectivity index (χ0n) is 16.1. The summed E-state index contributed by atoms with van der Waals surface area (Å²) in [5.41, 5.74) is 0.773. The van der Waals surface area contributed by atoms with Gasteiger partial charge in [-0.25, -0.2) is 8.78 Å². The van der Waals surface area contributed by atoms with Crippen LogP contribution in [0.15, 0.2) is 42.5 Å². The molecule has 0 radical (unpaired) electrons. The third-order valence-corrected chi connectivity index (χ3v) is 4.92. The van der Waals surface area contributed by atoms with Gasteiger partial charge in [-0.15, -0.1) is 24.8 Å². The van der Waals surface area contributed by atoms with Gasteiger partial charge in [0, 0.05) is 68.9 Å². The minimum absolute atomic E-state index is 0. The number of Topliss-reactive ketones (excluding diaryl/α,β-unsaturated/α-hetero) is 1. The highest BCUT2D eigenvalue weighted by atomic mass is 35.5. The van der Waals surface area contributed by atoms with Crippen LogP contribution in [0.4, 0.5) is 14.5 Å². The Balaban J connectivity index is 0.00000225. The zero-order chi connectivity index (χ0) is 20.1. The van der Waals surface area contributed by atoms with Gasteiger partial charge in [0.25, 0.3) is 5.69 Å². The van der Waals surface area contributed by atoms with E-state index in [1.165, 1.54) is 30.3 Å². The van der Waals surface area contributed by atoms with Crippen molar-refractivity contribution in [2.45, 2.75) is 13.0 Å². The molecule has 0 aliphatic carbocycles. The van der Waals surface area contributed by atoms with Crippen LogP contribution in [0.5, 0.6) is 0 Å². The van der Waals surface area contributed by atoms with E-state index in [1.807, 2.05) is 0 Å². The molecule has 10 heteroatoms. The molecule has 164 valence electrons. The number of nitro benzene ring substituents is 1. The fourth-order valence-corrected chi connectivity index (χ4v) is 3.25. The molecule has 1 fully saturated rings. The number of nitro groups is 1. The van der Waals surface area contributed by atoms with Crippen LogP contribution in [0, 0.1) is 21.7 Å². The van der Waals surface area contributed by atoms with Crippen LogP contribution in [-0.4, -0.2) is 53.2 Å². The Bertz CT molecular complexity index is 861. The third kappa shape index (κ3) is 6.98. The SMILES string of the molecule is Cl.Cl.O=C(CCN1CCN(Cc2cc(F)ccc2F)CC1)c1ccc([N+](=O)[O-])cc1. The topological polar surface area (TPSA) is 66.7 Å². The van der Waals surface area contributed by atoms with Crippen LogP contribution in [0.1, 0.15) is 22.3 Å². The number of piperazine rings is 1. The zero-order valence-corrected chi connectivity index (χ0v) is 17.8. The standard InChI is InChI=1S/C20H21F2N3O3.2ClH/c21-17-3-6-19(22)16(13-17)14-24-11-9-23(10-12-24)8-7-20(26)15-1-4-18(5-2-15)25(27)28;;/h1-6,13H,7-12,14H2;2*1H. The van der Waals surface area contributed by atoms with Gasteiger partial charge in [0.1, 0.15) is 11.6 Å². The smallest absolute Gasteiger partial charge is 0.269 e. The average molecular weight is 462 g/mol. The van der Waals surface area contributed by atoms with E-state index in [9.17, 15) is 23.7 Å². The maximum Gasteiger partial charge on any atom is 0.269 e. The maximum atomic E-state index is 13.8. The summed E-state index contributed by atoms with van der Waals surface area (Å²) in [5.74, 6) is -0.906. The minimum atomic E-state index is -0.497. The van der Waals surface area contributed by atoms with Crippen LogP contribution < -0.4 is 0 Å². The number of rotatable bonds is 7. The largest absolute Gasteiger partial charge is 0.300 e. The maximum absolute atomic E-state index is 13.8. The van der Waals surface area contributed by atoms with Gasteiger partial charge in [0.15, 0.2) is 5.78 Å². The molecular weight excluding hydrogens is 439 g/mol. The van der Waals surface area contributed by atoms with Crippen molar-refractivity contribution < 1.29 is 18.5 Å². The van der Waals surface area contributed by atoms with Gasteiger partial charge in [0.05, 0.1) is 4.92 Å². The molecule has 2 aromatic carbocycles. The molecule has 1 heterocycles. The first kappa shape index (κ1) is 25.9. The normalized spacial score (nSPS) is 14.5. The van der Waals surface area contributed by atoms with E-state index >= 15 is 0 Å². The van der Waals surface area contributed by atoms with Gasteiger partial charge in [-0.2, -0.15) is 0 Å². The molecule has 0 saturated carbocycles. The van der Waals surface area contributed by atoms with Crippen molar-refractivity contribution in [3.05, 3.63) is 75.3 Å². The fraction of sp³-hybridized carbons (Fsp3) is 0.350. The molecule has 1 aliphatic rings. The molecule has 0 amide bonds. The summed E-state index contributed by atoms with van der Waals surface area (Å²) in [5, 5.41) is 10.7. The number of hydrogen-bond donors (Lipinski definition) is 0. The molecule has 30 heavy (non-hydrogen) atoms. The fourth-order valence-electron chi connectivity index (χ4n) is 3.25. The first-order valence-corrected chi connectivity index (χ1v) is 9.08. The van der Waals surface area contributed by atoms with Crippen molar-refractivity contribution in [3.63, 3.8) is 0 Å². The molecule has 0 unspecified atom stereocenters. The lowest BCUT2D eigenvalue weighted by atomic mass is 10.1. The van der Waals surface area contributed by atoms with Crippen molar-refractivity contribution in [1.29, 1.82) is 0 Å². The molecular formula is C20H23Cl2F2N3O3. The van der Waals surface area contributed by atoms with Gasteiger partial charge in [-0.05, 0) is 30.3 Å². The first-order chi connectivity index (χ1) is 13.4. The Morgan fingerprint density at radius 1 is 0.967 bits per heavy atom. The van der Waals surface area contributed by atoms with Crippen LogP contribution in [0.25, 0.3) is 0 Å². The molecule has 0 spiro atoms. The number of carbonyl (C=O) groups is 1. The Hall–Kier alpha value is -2.13. The highest BCUT2D eigenvalue weighted by Gasteiger charge is 2.19. The monoisotopic (exact) mass is 461 g/mol. The predicted molar refractivity (Wildman–Crippen MR) is 115 cm³/mol. The van der Waals surface area contributed by atoms with Crippen molar-refractivity contribution in [3.8, 4) is 0 Å². The summed E-state index contributed by atoms with van der Waals surface area (Å²) in [6.45, 7) is 3.86. The van der Waals surface area contributed by atoms with E-state index in [-0.39, 0.29) is 36.3 Å². The van der Waals surface area contributed by atoms with E-state index in [2.05, 4.69) is 9.80 Å². The van der Waals surface area contributed by atoms with Crippen LogP contribution in [0.3, 0.4) is 0 Å². The van der Waals surface area contributed by atoms with E-state index in [0.717, 1.165) is 25.2 Å². The molecule has 0 atom stereocenters. The molecule has 0 bridgehead atoms. The second-order valence-corrected chi connectivity index (χ2v) is 6.83. The second-order valence-electron chi connectivity index (χ2n) is 6.83. The number of non-ortho nitro benzene ring substituents is 1. The molecule has 6 nitrogen and oxygen atoms in total. The van der Waals surface area contributed by atoms with E-state index in [1.54, 1.807) is 0 Å².